The summed E-state index contributed by atoms with van der Waals surface area (Å²) >= 11 is 0. The van der Waals surface area contributed by atoms with E-state index in [9.17, 15) is 0 Å². The minimum atomic E-state index is 0.319. The first-order valence-corrected chi connectivity index (χ1v) is 5.56. The zero-order chi connectivity index (χ0) is 11.4. The van der Waals surface area contributed by atoms with E-state index in [0.29, 0.717) is 6.04 Å². The molecule has 2 rings (SSSR count). The first-order chi connectivity index (χ1) is 7.79. The van der Waals surface area contributed by atoms with Crippen molar-refractivity contribution >= 4 is 0 Å². The zero-order valence-corrected chi connectivity index (χ0v) is 9.73. The van der Waals surface area contributed by atoms with Gasteiger partial charge < -0.3 is 9.73 Å². The maximum atomic E-state index is 5.34. The molecule has 2 aromatic rings. The quantitative estimate of drug-likeness (QED) is 0.847. The van der Waals surface area contributed by atoms with E-state index in [2.05, 4.69) is 35.6 Å². The first kappa shape index (κ1) is 11.0. The average molecular weight is 215 g/mol. The van der Waals surface area contributed by atoms with Gasteiger partial charge in [-0.15, -0.1) is 0 Å². The molecule has 0 aliphatic rings. The topological polar surface area (TPSA) is 25.2 Å². The Labute approximate surface area is 96.3 Å². The Kier molecular flexibility index (Phi) is 3.42. The monoisotopic (exact) mass is 215 g/mol. The van der Waals surface area contributed by atoms with Gasteiger partial charge in [-0.2, -0.15) is 0 Å². The Morgan fingerprint density at radius 1 is 1.25 bits per heavy atom. The fourth-order valence-corrected chi connectivity index (χ4v) is 1.88. The van der Waals surface area contributed by atoms with Gasteiger partial charge >= 0.3 is 0 Å². The molecule has 1 unspecified atom stereocenters. The van der Waals surface area contributed by atoms with Gasteiger partial charge in [-0.25, -0.2) is 0 Å². The molecule has 1 atom stereocenters. The lowest BCUT2D eigenvalue weighted by Crippen LogP contribution is -2.18. The van der Waals surface area contributed by atoms with Gasteiger partial charge in [0.15, 0.2) is 0 Å². The molecule has 1 N–H and O–H groups in total. The highest BCUT2D eigenvalue weighted by Crippen LogP contribution is 2.20. The molecule has 1 aromatic heterocycles. The maximum Gasteiger partial charge on any atom is 0.101 e. The van der Waals surface area contributed by atoms with E-state index in [1.165, 1.54) is 11.1 Å². The molecule has 0 saturated carbocycles. The van der Waals surface area contributed by atoms with E-state index < -0.39 is 0 Å². The molecule has 0 aliphatic carbocycles. The fourth-order valence-electron chi connectivity index (χ4n) is 1.88. The lowest BCUT2D eigenvalue weighted by molar-refractivity contribution is 0.520. The summed E-state index contributed by atoms with van der Waals surface area (Å²) in [6.07, 6.45) is 2.82. The highest BCUT2D eigenvalue weighted by Gasteiger charge is 2.11. The summed E-state index contributed by atoms with van der Waals surface area (Å²) in [6, 6.07) is 12.9. The van der Waals surface area contributed by atoms with Crippen LogP contribution in [0.25, 0.3) is 0 Å². The van der Waals surface area contributed by atoms with Crippen LogP contribution in [0.2, 0.25) is 0 Å². The molecule has 0 fully saturated rings. The summed E-state index contributed by atoms with van der Waals surface area (Å²) in [6.45, 7) is 1.97. The molecule has 0 aliphatic heterocycles. The van der Waals surface area contributed by atoms with E-state index in [4.69, 9.17) is 4.42 Å². The van der Waals surface area contributed by atoms with Crippen LogP contribution < -0.4 is 5.32 Å². The highest BCUT2D eigenvalue weighted by atomic mass is 16.3. The average Bonchev–Trinajstić information content (AvgIpc) is 2.74. The highest BCUT2D eigenvalue weighted by molar-refractivity contribution is 5.22. The molecule has 0 radical (unpaired) electrons. The van der Waals surface area contributed by atoms with Crippen molar-refractivity contribution in [2.75, 3.05) is 7.05 Å². The van der Waals surface area contributed by atoms with Gasteiger partial charge in [0.1, 0.15) is 5.76 Å². The lowest BCUT2D eigenvalue weighted by atomic mass is 10.0. The second-order valence-corrected chi connectivity index (χ2v) is 4.02. The van der Waals surface area contributed by atoms with E-state index in [1.807, 2.05) is 26.3 Å². The van der Waals surface area contributed by atoms with Gasteiger partial charge in [0, 0.05) is 11.6 Å². The van der Waals surface area contributed by atoms with Crippen LogP contribution in [-0.2, 0) is 6.42 Å². The van der Waals surface area contributed by atoms with E-state index >= 15 is 0 Å². The van der Waals surface area contributed by atoms with Gasteiger partial charge in [0.2, 0.25) is 0 Å². The van der Waals surface area contributed by atoms with Gasteiger partial charge in [-0.05, 0) is 32.0 Å². The number of benzene rings is 1. The third-order valence-corrected chi connectivity index (χ3v) is 2.78. The molecule has 0 saturated heterocycles. The summed E-state index contributed by atoms with van der Waals surface area (Å²) in [5, 5.41) is 3.32. The van der Waals surface area contributed by atoms with Gasteiger partial charge in [0.05, 0.1) is 6.26 Å². The third-order valence-electron chi connectivity index (χ3n) is 2.78. The van der Waals surface area contributed by atoms with Crippen LogP contribution in [0.1, 0.15) is 22.9 Å². The molecular weight excluding hydrogens is 198 g/mol. The molecule has 2 heteroatoms. The smallest absolute Gasteiger partial charge is 0.101 e. The van der Waals surface area contributed by atoms with Crippen LogP contribution in [0.5, 0.6) is 0 Å². The van der Waals surface area contributed by atoms with Crippen molar-refractivity contribution in [1.29, 1.82) is 0 Å². The van der Waals surface area contributed by atoms with Crippen molar-refractivity contribution in [1.82, 2.24) is 5.32 Å². The molecule has 0 spiro atoms. The van der Waals surface area contributed by atoms with Crippen LogP contribution in [0.3, 0.4) is 0 Å². The molecule has 16 heavy (non-hydrogen) atoms. The first-order valence-electron chi connectivity index (χ1n) is 5.56. The SMILES string of the molecule is CNC(Cc1ccccc1)c1coc(C)c1. The van der Waals surface area contributed by atoms with Crippen LogP contribution in [0.4, 0.5) is 0 Å². The second-order valence-electron chi connectivity index (χ2n) is 4.02. The van der Waals surface area contributed by atoms with E-state index in [0.717, 1.165) is 12.2 Å². The summed E-state index contributed by atoms with van der Waals surface area (Å²) in [7, 11) is 1.98. The van der Waals surface area contributed by atoms with Crippen LogP contribution in [-0.4, -0.2) is 7.05 Å². The minimum absolute atomic E-state index is 0.319. The van der Waals surface area contributed by atoms with Crippen molar-refractivity contribution in [2.45, 2.75) is 19.4 Å². The van der Waals surface area contributed by atoms with Crippen molar-refractivity contribution in [3.8, 4) is 0 Å². The van der Waals surface area contributed by atoms with Gasteiger partial charge in [-0.3, -0.25) is 0 Å². The molecule has 0 amide bonds. The number of nitrogens with one attached hydrogen (secondary N) is 1. The predicted octanol–water partition coefficient (Wildman–Crippen LogP) is 3.09. The summed E-state index contributed by atoms with van der Waals surface area (Å²) in [5.74, 6) is 0.961. The lowest BCUT2D eigenvalue weighted by Gasteiger charge is -2.14. The largest absolute Gasteiger partial charge is 0.469 e. The Balaban J connectivity index is 2.12. The molecule has 1 aromatic carbocycles. The Bertz CT molecular complexity index is 433. The Morgan fingerprint density at radius 2 is 2.00 bits per heavy atom. The van der Waals surface area contributed by atoms with E-state index in [1.54, 1.807) is 0 Å². The minimum Gasteiger partial charge on any atom is -0.469 e. The summed E-state index contributed by atoms with van der Waals surface area (Å²) in [5.41, 5.74) is 2.55. The number of hydrogen-bond acceptors (Lipinski definition) is 2. The van der Waals surface area contributed by atoms with Crippen molar-refractivity contribution < 1.29 is 4.42 Å². The van der Waals surface area contributed by atoms with Crippen molar-refractivity contribution in [2.24, 2.45) is 0 Å². The maximum absolute atomic E-state index is 5.34. The predicted molar refractivity (Wildman–Crippen MR) is 65.4 cm³/mol. The van der Waals surface area contributed by atoms with Crippen LogP contribution in [0, 0.1) is 6.92 Å². The normalized spacial score (nSPS) is 12.6. The fraction of sp³-hybridized carbons (Fsp3) is 0.286. The number of aryl methyl sites for hydroxylation is 1. The number of hydrogen-bond donors (Lipinski definition) is 1. The zero-order valence-electron chi connectivity index (χ0n) is 9.73. The number of likely N-dealkylation sites (N-methyl/N-ethyl adjacent to an activating group) is 1. The second kappa shape index (κ2) is 4.99. The Morgan fingerprint density at radius 3 is 2.56 bits per heavy atom. The molecule has 84 valence electrons. The number of rotatable bonds is 4. The summed E-state index contributed by atoms with van der Waals surface area (Å²) in [4.78, 5) is 0. The standard InChI is InChI=1S/C14H17NO/c1-11-8-13(10-16-11)14(15-2)9-12-6-4-3-5-7-12/h3-8,10,14-15H,9H2,1-2H3. The third kappa shape index (κ3) is 2.52. The van der Waals surface area contributed by atoms with Gasteiger partial charge in [-0.1, -0.05) is 30.3 Å². The molecule has 2 nitrogen and oxygen atoms in total. The van der Waals surface area contributed by atoms with E-state index in [-0.39, 0.29) is 0 Å². The van der Waals surface area contributed by atoms with Crippen LogP contribution >= 0.6 is 0 Å². The van der Waals surface area contributed by atoms with Crippen LogP contribution in [0.15, 0.2) is 47.1 Å². The van der Waals surface area contributed by atoms with Gasteiger partial charge in [0.25, 0.3) is 0 Å². The summed E-state index contributed by atoms with van der Waals surface area (Å²) < 4.78 is 5.34. The molecule has 1 heterocycles. The van der Waals surface area contributed by atoms with Crippen molar-refractivity contribution in [3.63, 3.8) is 0 Å². The molecule has 0 bridgehead atoms. The Hall–Kier alpha value is -1.54. The van der Waals surface area contributed by atoms with Crippen molar-refractivity contribution in [3.05, 3.63) is 59.5 Å². The number of furan rings is 1. The molecular formula is C14H17NO.